The molecule has 0 saturated heterocycles. The zero-order chi connectivity index (χ0) is 13.4. The molecular formula is C15H10FNO2. The lowest BCUT2D eigenvalue weighted by molar-refractivity contribution is 0.101. The molecule has 2 aromatic heterocycles. The van der Waals surface area contributed by atoms with E-state index in [4.69, 9.17) is 4.42 Å². The number of aryl methyl sites for hydroxylation is 1. The Kier molecular flexibility index (Phi) is 2.63. The number of carbonyl (C=O) groups is 1. The normalized spacial score (nSPS) is 10.8. The van der Waals surface area contributed by atoms with Crippen LogP contribution in [0, 0.1) is 12.7 Å². The van der Waals surface area contributed by atoms with Crippen LogP contribution in [0.15, 0.2) is 46.9 Å². The lowest BCUT2D eigenvalue weighted by atomic mass is 10.1. The molecule has 4 heteroatoms. The summed E-state index contributed by atoms with van der Waals surface area (Å²) in [6, 6.07) is 10.9. The summed E-state index contributed by atoms with van der Waals surface area (Å²) in [5.74, 6) is -0.941. The molecule has 0 atom stereocenters. The molecule has 0 amide bonds. The van der Waals surface area contributed by atoms with Crippen LogP contribution in [0.1, 0.15) is 21.8 Å². The van der Waals surface area contributed by atoms with Crippen molar-refractivity contribution in [2.75, 3.05) is 0 Å². The number of fused-ring (bicyclic) bond motifs is 1. The first kappa shape index (κ1) is 11.6. The lowest BCUT2D eigenvalue weighted by Gasteiger charge is -1.98. The molecule has 2 heterocycles. The molecule has 0 aliphatic carbocycles. The average molecular weight is 255 g/mol. The van der Waals surface area contributed by atoms with Crippen molar-refractivity contribution in [3.63, 3.8) is 0 Å². The van der Waals surface area contributed by atoms with Crippen molar-refractivity contribution in [2.24, 2.45) is 0 Å². The second kappa shape index (κ2) is 4.31. The van der Waals surface area contributed by atoms with Crippen LogP contribution in [-0.4, -0.2) is 10.8 Å². The fraction of sp³-hybridized carbons (Fsp3) is 0.0667. The second-order valence-electron chi connectivity index (χ2n) is 4.26. The van der Waals surface area contributed by atoms with Crippen molar-refractivity contribution in [3.8, 4) is 0 Å². The number of benzene rings is 1. The molecule has 0 aliphatic rings. The number of pyridine rings is 1. The summed E-state index contributed by atoms with van der Waals surface area (Å²) in [7, 11) is 0. The maximum absolute atomic E-state index is 13.6. The molecule has 94 valence electrons. The molecule has 0 unspecified atom stereocenters. The van der Waals surface area contributed by atoms with Crippen LogP contribution in [0.2, 0.25) is 0 Å². The summed E-state index contributed by atoms with van der Waals surface area (Å²) in [6.07, 6.45) is 0. The zero-order valence-electron chi connectivity index (χ0n) is 10.2. The van der Waals surface area contributed by atoms with Crippen molar-refractivity contribution in [2.45, 2.75) is 6.92 Å². The van der Waals surface area contributed by atoms with Gasteiger partial charge in [-0.05, 0) is 31.2 Å². The van der Waals surface area contributed by atoms with Gasteiger partial charge in [0.15, 0.2) is 11.3 Å². The van der Waals surface area contributed by atoms with E-state index < -0.39 is 11.6 Å². The van der Waals surface area contributed by atoms with E-state index in [-0.39, 0.29) is 11.3 Å². The van der Waals surface area contributed by atoms with Crippen LogP contribution in [0.3, 0.4) is 0 Å². The minimum Gasteiger partial charge on any atom is -0.451 e. The standard InChI is InChI=1S/C15H10FNO2/c1-9-6-7-13-12(17-9)8-14(19-13)15(18)10-4-2-3-5-11(10)16/h2-8H,1H3. The highest BCUT2D eigenvalue weighted by Crippen LogP contribution is 2.21. The Morgan fingerprint density at radius 1 is 1.21 bits per heavy atom. The van der Waals surface area contributed by atoms with Crippen LogP contribution in [-0.2, 0) is 0 Å². The molecule has 0 spiro atoms. The Balaban J connectivity index is 2.09. The molecule has 0 bridgehead atoms. The second-order valence-corrected chi connectivity index (χ2v) is 4.26. The van der Waals surface area contributed by atoms with Crippen molar-refractivity contribution in [3.05, 3.63) is 65.3 Å². The minimum absolute atomic E-state index is 0.00159. The minimum atomic E-state index is -0.558. The summed E-state index contributed by atoms with van der Waals surface area (Å²) >= 11 is 0. The van der Waals surface area contributed by atoms with Gasteiger partial charge >= 0.3 is 0 Å². The third-order valence-corrected chi connectivity index (χ3v) is 2.86. The molecule has 0 radical (unpaired) electrons. The van der Waals surface area contributed by atoms with Crippen LogP contribution >= 0.6 is 0 Å². The molecule has 1 aromatic carbocycles. The maximum Gasteiger partial charge on any atom is 0.231 e. The summed E-state index contributed by atoms with van der Waals surface area (Å²) in [5, 5.41) is 0. The maximum atomic E-state index is 13.6. The Hall–Kier alpha value is -2.49. The number of aromatic nitrogens is 1. The highest BCUT2D eigenvalue weighted by molar-refractivity contribution is 6.08. The van der Waals surface area contributed by atoms with Gasteiger partial charge in [-0.15, -0.1) is 0 Å². The van der Waals surface area contributed by atoms with Crippen LogP contribution < -0.4 is 0 Å². The van der Waals surface area contributed by atoms with E-state index >= 15 is 0 Å². The molecule has 3 rings (SSSR count). The summed E-state index contributed by atoms with van der Waals surface area (Å²) in [4.78, 5) is 16.4. The van der Waals surface area contributed by atoms with Gasteiger partial charge < -0.3 is 4.42 Å². The van der Waals surface area contributed by atoms with Gasteiger partial charge in [-0.25, -0.2) is 9.37 Å². The van der Waals surface area contributed by atoms with Gasteiger partial charge in [0.25, 0.3) is 0 Å². The molecular weight excluding hydrogens is 245 g/mol. The van der Waals surface area contributed by atoms with Gasteiger partial charge in [0.2, 0.25) is 5.78 Å². The van der Waals surface area contributed by atoms with Gasteiger partial charge in [0.05, 0.1) is 5.56 Å². The van der Waals surface area contributed by atoms with Gasteiger partial charge in [-0.2, -0.15) is 0 Å². The Bertz CT molecular complexity index is 777. The highest BCUT2D eigenvalue weighted by Gasteiger charge is 2.18. The van der Waals surface area contributed by atoms with Crippen LogP contribution in [0.5, 0.6) is 0 Å². The number of rotatable bonds is 2. The Morgan fingerprint density at radius 2 is 2.00 bits per heavy atom. The van der Waals surface area contributed by atoms with Gasteiger partial charge in [-0.3, -0.25) is 4.79 Å². The van der Waals surface area contributed by atoms with Gasteiger partial charge in [0.1, 0.15) is 11.3 Å². The molecule has 0 aliphatic heterocycles. The number of halogens is 1. The summed E-state index contributed by atoms with van der Waals surface area (Å²) in [6.45, 7) is 1.85. The van der Waals surface area contributed by atoms with Crippen molar-refractivity contribution >= 4 is 16.9 Å². The molecule has 0 N–H and O–H groups in total. The summed E-state index contributed by atoms with van der Waals surface area (Å²) in [5.41, 5.74) is 1.95. The van der Waals surface area contributed by atoms with Gasteiger partial charge in [0, 0.05) is 11.8 Å². The third-order valence-electron chi connectivity index (χ3n) is 2.86. The van der Waals surface area contributed by atoms with E-state index in [9.17, 15) is 9.18 Å². The van der Waals surface area contributed by atoms with Crippen molar-refractivity contribution in [1.82, 2.24) is 4.98 Å². The number of ketones is 1. The van der Waals surface area contributed by atoms with E-state index in [1.165, 1.54) is 24.3 Å². The van der Waals surface area contributed by atoms with E-state index in [2.05, 4.69) is 4.98 Å². The monoisotopic (exact) mass is 255 g/mol. The number of hydrogen-bond donors (Lipinski definition) is 0. The van der Waals surface area contributed by atoms with Gasteiger partial charge in [-0.1, -0.05) is 12.1 Å². The Labute approximate surface area is 108 Å². The van der Waals surface area contributed by atoms with E-state index in [0.717, 1.165) is 5.69 Å². The third kappa shape index (κ3) is 2.01. The molecule has 0 fully saturated rings. The van der Waals surface area contributed by atoms with Crippen molar-refractivity contribution < 1.29 is 13.6 Å². The number of hydrogen-bond acceptors (Lipinski definition) is 3. The van der Waals surface area contributed by atoms with E-state index in [1.54, 1.807) is 18.2 Å². The molecule has 19 heavy (non-hydrogen) atoms. The Morgan fingerprint density at radius 3 is 2.79 bits per heavy atom. The lowest BCUT2D eigenvalue weighted by Crippen LogP contribution is -2.02. The SMILES string of the molecule is Cc1ccc2oc(C(=O)c3ccccc3F)cc2n1. The van der Waals surface area contributed by atoms with Crippen LogP contribution in [0.25, 0.3) is 11.1 Å². The first-order chi connectivity index (χ1) is 9.15. The predicted molar refractivity (Wildman–Crippen MR) is 68.6 cm³/mol. The smallest absolute Gasteiger partial charge is 0.231 e. The number of nitrogens with zero attached hydrogens (tertiary/aromatic N) is 1. The fourth-order valence-corrected chi connectivity index (χ4v) is 1.92. The quantitative estimate of drug-likeness (QED) is 0.658. The predicted octanol–water partition coefficient (Wildman–Crippen LogP) is 3.51. The average Bonchev–Trinajstić information content (AvgIpc) is 2.81. The fourth-order valence-electron chi connectivity index (χ4n) is 1.92. The van der Waals surface area contributed by atoms with Crippen LogP contribution in [0.4, 0.5) is 4.39 Å². The summed E-state index contributed by atoms with van der Waals surface area (Å²) < 4.78 is 19.0. The largest absolute Gasteiger partial charge is 0.451 e. The molecule has 3 nitrogen and oxygen atoms in total. The zero-order valence-corrected chi connectivity index (χ0v) is 10.2. The highest BCUT2D eigenvalue weighted by atomic mass is 19.1. The number of carbonyl (C=O) groups excluding carboxylic acids is 1. The first-order valence-corrected chi connectivity index (χ1v) is 5.81. The topological polar surface area (TPSA) is 43.1 Å². The number of furan rings is 1. The molecule has 3 aromatic rings. The van der Waals surface area contributed by atoms with E-state index in [0.29, 0.717) is 11.1 Å². The first-order valence-electron chi connectivity index (χ1n) is 5.81. The molecule has 0 saturated carbocycles. The van der Waals surface area contributed by atoms with Crippen molar-refractivity contribution in [1.29, 1.82) is 0 Å². The van der Waals surface area contributed by atoms with E-state index in [1.807, 2.05) is 6.92 Å².